The maximum atomic E-state index is 11.8. The Morgan fingerprint density at radius 2 is 2.35 bits per heavy atom. The zero-order valence-corrected chi connectivity index (χ0v) is 12.5. The summed E-state index contributed by atoms with van der Waals surface area (Å²) in [4.78, 5) is 24.2. The fourth-order valence-electron chi connectivity index (χ4n) is 2.30. The van der Waals surface area contributed by atoms with Crippen molar-refractivity contribution >= 4 is 23.2 Å². The third-order valence-electron chi connectivity index (χ3n) is 3.49. The van der Waals surface area contributed by atoms with Crippen LogP contribution in [0.3, 0.4) is 0 Å². The molecule has 1 aliphatic heterocycles. The molecule has 0 aromatic carbocycles. The highest BCUT2D eigenvalue weighted by atomic mass is 32.1. The number of hydrogen-bond acceptors (Lipinski definition) is 4. The maximum absolute atomic E-state index is 11.8. The van der Waals surface area contributed by atoms with Crippen LogP contribution in [-0.4, -0.2) is 37.0 Å². The highest BCUT2D eigenvalue weighted by molar-refractivity contribution is 7.12. The quantitative estimate of drug-likeness (QED) is 0.762. The van der Waals surface area contributed by atoms with Crippen molar-refractivity contribution in [3.8, 4) is 0 Å². The number of hydrogen-bond donors (Lipinski definition) is 3. The Balaban J connectivity index is 1.66. The van der Waals surface area contributed by atoms with Crippen LogP contribution in [0.5, 0.6) is 0 Å². The fourth-order valence-corrected chi connectivity index (χ4v) is 2.94. The highest BCUT2D eigenvalue weighted by Crippen LogP contribution is 2.09. The number of carbonyl (C=O) groups is 2. The summed E-state index contributed by atoms with van der Waals surface area (Å²) in [7, 11) is 0. The number of rotatable bonds is 5. The van der Waals surface area contributed by atoms with Crippen molar-refractivity contribution in [1.82, 2.24) is 16.0 Å². The van der Waals surface area contributed by atoms with Gasteiger partial charge in [-0.2, -0.15) is 0 Å². The van der Waals surface area contributed by atoms with Crippen molar-refractivity contribution in [2.75, 3.05) is 13.1 Å². The molecule has 20 heavy (non-hydrogen) atoms. The smallest absolute Gasteiger partial charge is 0.261 e. The van der Waals surface area contributed by atoms with E-state index in [4.69, 9.17) is 0 Å². The fraction of sp³-hybridized carbons (Fsp3) is 0.571. The van der Waals surface area contributed by atoms with Crippen molar-refractivity contribution in [1.29, 1.82) is 0 Å². The first-order valence-electron chi connectivity index (χ1n) is 7.01. The Morgan fingerprint density at radius 3 is 3.05 bits per heavy atom. The minimum absolute atomic E-state index is 0.00275. The van der Waals surface area contributed by atoms with Gasteiger partial charge in [0.15, 0.2) is 0 Å². The topological polar surface area (TPSA) is 70.2 Å². The van der Waals surface area contributed by atoms with E-state index in [1.54, 1.807) is 6.07 Å². The van der Waals surface area contributed by atoms with Gasteiger partial charge >= 0.3 is 0 Å². The van der Waals surface area contributed by atoms with E-state index < -0.39 is 0 Å². The summed E-state index contributed by atoms with van der Waals surface area (Å²) in [6.45, 7) is 3.48. The van der Waals surface area contributed by atoms with E-state index >= 15 is 0 Å². The Morgan fingerprint density at radius 1 is 1.50 bits per heavy atom. The highest BCUT2D eigenvalue weighted by Gasteiger charge is 2.22. The van der Waals surface area contributed by atoms with Crippen molar-refractivity contribution in [2.24, 2.45) is 0 Å². The second-order valence-corrected chi connectivity index (χ2v) is 5.99. The second-order valence-electron chi connectivity index (χ2n) is 5.04. The van der Waals surface area contributed by atoms with Crippen LogP contribution in [0.25, 0.3) is 0 Å². The van der Waals surface area contributed by atoms with Crippen LogP contribution in [0.2, 0.25) is 0 Å². The molecule has 5 nitrogen and oxygen atoms in total. The molecule has 2 atom stereocenters. The third kappa shape index (κ3) is 4.31. The predicted molar refractivity (Wildman–Crippen MR) is 79.9 cm³/mol. The molecule has 1 saturated heterocycles. The average molecular weight is 295 g/mol. The summed E-state index contributed by atoms with van der Waals surface area (Å²) in [5, 5.41) is 11.0. The van der Waals surface area contributed by atoms with Gasteiger partial charge in [0.1, 0.15) is 0 Å². The zero-order chi connectivity index (χ0) is 14.4. The van der Waals surface area contributed by atoms with Crippen LogP contribution in [-0.2, 0) is 4.79 Å². The van der Waals surface area contributed by atoms with Gasteiger partial charge < -0.3 is 16.0 Å². The van der Waals surface area contributed by atoms with E-state index in [0.717, 1.165) is 19.4 Å². The lowest BCUT2D eigenvalue weighted by Gasteiger charge is -2.30. The molecule has 0 bridgehead atoms. The molecule has 0 saturated carbocycles. The first kappa shape index (κ1) is 15.0. The van der Waals surface area contributed by atoms with Crippen molar-refractivity contribution < 1.29 is 9.59 Å². The first-order valence-corrected chi connectivity index (χ1v) is 7.89. The average Bonchev–Trinajstić information content (AvgIpc) is 2.95. The minimum atomic E-state index is -0.111. The molecule has 0 spiro atoms. The van der Waals surface area contributed by atoms with Crippen LogP contribution in [0.1, 0.15) is 35.9 Å². The van der Waals surface area contributed by atoms with Gasteiger partial charge in [-0.15, -0.1) is 11.3 Å². The molecule has 1 fully saturated rings. The van der Waals surface area contributed by atoms with Crippen molar-refractivity contribution in [2.45, 2.75) is 38.3 Å². The van der Waals surface area contributed by atoms with Crippen LogP contribution in [0, 0.1) is 0 Å². The molecule has 2 amide bonds. The summed E-state index contributed by atoms with van der Waals surface area (Å²) < 4.78 is 0. The van der Waals surface area contributed by atoms with Crippen LogP contribution in [0.15, 0.2) is 17.5 Å². The predicted octanol–water partition coefficient (Wildman–Crippen LogP) is 1.12. The number of amides is 2. The van der Waals surface area contributed by atoms with Gasteiger partial charge in [-0.25, -0.2) is 0 Å². The van der Waals surface area contributed by atoms with E-state index in [9.17, 15) is 9.59 Å². The van der Waals surface area contributed by atoms with Gasteiger partial charge in [0.05, 0.1) is 4.88 Å². The van der Waals surface area contributed by atoms with Crippen LogP contribution >= 0.6 is 11.3 Å². The molecule has 1 aromatic rings. The molecule has 1 aromatic heterocycles. The first-order chi connectivity index (χ1) is 9.66. The Hall–Kier alpha value is -1.40. The van der Waals surface area contributed by atoms with E-state index in [2.05, 4.69) is 22.9 Å². The molecule has 0 aliphatic carbocycles. The summed E-state index contributed by atoms with van der Waals surface area (Å²) in [6.07, 6.45) is 2.42. The van der Waals surface area contributed by atoms with Gasteiger partial charge in [0.25, 0.3) is 5.91 Å². The molecule has 0 radical (unpaired) electrons. The number of thiophene rings is 1. The molecule has 110 valence electrons. The molecule has 2 unspecified atom stereocenters. The van der Waals surface area contributed by atoms with Gasteiger partial charge in [-0.3, -0.25) is 9.59 Å². The standard InChI is InChI=1S/C14H21N3O2S/c1-10-11(4-2-7-15-10)17-13(18)6-8-16-14(19)12-5-3-9-20-12/h3,5,9-11,15H,2,4,6-8H2,1H3,(H,16,19)(H,17,18). The second kappa shape index (κ2) is 7.40. The SMILES string of the molecule is CC1NCCCC1NC(=O)CCNC(=O)c1cccs1. The molecule has 1 aliphatic rings. The normalized spacial score (nSPS) is 22.2. The Kier molecular flexibility index (Phi) is 5.55. The Labute approximate surface area is 123 Å². The molecule has 2 heterocycles. The van der Waals surface area contributed by atoms with Crippen molar-refractivity contribution in [3.63, 3.8) is 0 Å². The summed E-state index contributed by atoms with van der Waals surface area (Å²) in [5.41, 5.74) is 0. The maximum Gasteiger partial charge on any atom is 0.261 e. The molecular formula is C14H21N3O2S. The van der Waals surface area contributed by atoms with E-state index in [1.807, 2.05) is 11.4 Å². The number of piperidine rings is 1. The summed E-state index contributed by atoms with van der Waals surface area (Å²) in [5.74, 6) is -0.113. The summed E-state index contributed by atoms with van der Waals surface area (Å²) in [6, 6.07) is 4.12. The van der Waals surface area contributed by atoms with Gasteiger partial charge in [0.2, 0.25) is 5.91 Å². The zero-order valence-electron chi connectivity index (χ0n) is 11.6. The van der Waals surface area contributed by atoms with Gasteiger partial charge in [0, 0.05) is 25.0 Å². The number of nitrogens with one attached hydrogen (secondary N) is 3. The Bertz CT molecular complexity index is 447. The van der Waals surface area contributed by atoms with E-state index in [0.29, 0.717) is 23.9 Å². The minimum Gasteiger partial charge on any atom is -0.352 e. The molecule has 6 heteroatoms. The van der Waals surface area contributed by atoms with Gasteiger partial charge in [-0.1, -0.05) is 6.07 Å². The van der Waals surface area contributed by atoms with Crippen molar-refractivity contribution in [3.05, 3.63) is 22.4 Å². The third-order valence-corrected chi connectivity index (χ3v) is 4.36. The molecule has 2 rings (SSSR count). The lowest BCUT2D eigenvalue weighted by molar-refractivity contribution is -0.122. The summed E-state index contributed by atoms with van der Waals surface area (Å²) >= 11 is 1.40. The van der Waals surface area contributed by atoms with Crippen LogP contribution < -0.4 is 16.0 Å². The lowest BCUT2D eigenvalue weighted by atomic mass is 10.00. The molecule has 3 N–H and O–H groups in total. The number of carbonyl (C=O) groups excluding carboxylic acids is 2. The van der Waals surface area contributed by atoms with E-state index in [-0.39, 0.29) is 17.9 Å². The molecular weight excluding hydrogens is 274 g/mol. The largest absolute Gasteiger partial charge is 0.352 e. The van der Waals surface area contributed by atoms with Gasteiger partial charge in [-0.05, 0) is 37.8 Å². The monoisotopic (exact) mass is 295 g/mol. The lowest BCUT2D eigenvalue weighted by Crippen LogP contribution is -2.52. The van der Waals surface area contributed by atoms with Crippen LogP contribution in [0.4, 0.5) is 0 Å². The van der Waals surface area contributed by atoms with E-state index in [1.165, 1.54) is 11.3 Å².